The quantitative estimate of drug-likeness (QED) is 0.274. The van der Waals surface area contributed by atoms with Crippen molar-refractivity contribution in [2.45, 2.75) is 0 Å². The SMILES string of the molecule is Cn1nnnc1N1CCN(CC(N)=NO)CC1. The summed E-state index contributed by atoms with van der Waals surface area (Å²) in [6.45, 7) is 3.81. The highest BCUT2D eigenvalue weighted by Crippen LogP contribution is 2.10. The van der Waals surface area contributed by atoms with Gasteiger partial charge in [-0.25, -0.2) is 4.68 Å². The van der Waals surface area contributed by atoms with E-state index in [-0.39, 0.29) is 5.84 Å². The molecule has 9 heteroatoms. The van der Waals surface area contributed by atoms with Crippen LogP contribution in [0.1, 0.15) is 0 Å². The zero-order valence-electron chi connectivity index (χ0n) is 9.69. The largest absolute Gasteiger partial charge is 0.409 e. The van der Waals surface area contributed by atoms with Crippen LogP contribution in [-0.2, 0) is 7.05 Å². The smallest absolute Gasteiger partial charge is 0.245 e. The maximum atomic E-state index is 8.50. The number of hydrogen-bond donors (Lipinski definition) is 2. The molecule has 3 N–H and O–H groups in total. The van der Waals surface area contributed by atoms with Crippen molar-refractivity contribution >= 4 is 11.8 Å². The molecule has 0 aromatic carbocycles. The summed E-state index contributed by atoms with van der Waals surface area (Å²) in [5.41, 5.74) is 5.47. The topological polar surface area (TPSA) is 109 Å². The van der Waals surface area contributed by atoms with Crippen molar-refractivity contribution in [3.05, 3.63) is 0 Å². The van der Waals surface area contributed by atoms with E-state index >= 15 is 0 Å². The molecule has 0 spiro atoms. The number of nitrogens with zero attached hydrogens (tertiary/aromatic N) is 7. The summed E-state index contributed by atoms with van der Waals surface area (Å²) in [5, 5.41) is 22.8. The Hall–Kier alpha value is -1.90. The number of oxime groups is 1. The minimum atomic E-state index is 0.235. The number of rotatable bonds is 3. The molecule has 1 aliphatic heterocycles. The van der Waals surface area contributed by atoms with Gasteiger partial charge in [0, 0.05) is 33.2 Å². The summed E-state index contributed by atoms with van der Waals surface area (Å²) < 4.78 is 1.65. The number of amidine groups is 1. The first-order chi connectivity index (χ1) is 8.20. The standard InChI is InChI=1S/C8H16N8O/c1-14-8(10-12-13-14)16-4-2-15(3-5-16)6-7(9)11-17/h17H,2-6H2,1H3,(H2,9,11). The summed E-state index contributed by atoms with van der Waals surface area (Å²) in [5.74, 6) is 1.01. The van der Waals surface area contributed by atoms with Crippen LogP contribution in [0.2, 0.25) is 0 Å². The van der Waals surface area contributed by atoms with Gasteiger partial charge in [0.05, 0.1) is 6.54 Å². The number of tetrazole rings is 1. The average Bonchev–Trinajstić information content (AvgIpc) is 2.76. The highest BCUT2D eigenvalue weighted by Gasteiger charge is 2.20. The molecule has 1 aliphatic rings. The van der Waals surface area contributed by atoms with E-state index in [0.29, 0.717) is 6.54 Å². The summed E-state index contributed by atoms with van der Waals surface area (Å²) in [4.78, 5) is 4.23. The Morgan fingerprint density at radius 2 is 2.12 bits per heavy atom. The molecule has 2 heterocycles. The third-order valence-electron chi connectivity index (χ3n) is 2.77. The van der Waals surface area contributed by atoms with E-state index in [1.807, 2.05) is 7.05 Å². The normalized spacial score (nSPS) is 18.6. The van der Waals surface area contributed by atoms with Crippen LogP contribution in [-0.4, -0.2) is 68.9 Å². The Morgan fingerprint density at radius 1 is 1.41 bits per heavy atom. The third kappa shape index (κ3) is 2.61. The van der Waals surface area contributed by atoms with E-state index in [4.69, 9.17) is 10.9 Å². The molecule has 0 saturated carbocycles. The molecule has 2 rings (SSSR count). The van der Waals surface area contributed by atoms with Gasteiger partial charge in [-0.3, -0.25) is 4.90 Å². The van der Waals surface area contributed by atoms with Crippen LogP contribution in [0.5, 0.6) is 0 Å². The zero-order valence-corrected chi connectivity index (χ0v) is 9.69. The molecule has 1 aromatic heterocycles. The Balaban J connectivity index is 1.88. The van der Waals surface area contributed by atoms with Crippen LogP contribution in [0, 0.1) is 0 Å². The number of hydrogen-bond acceptors (Lipinski definition) is 7. The number of piperazine rings is 1. The van der Waals surface area contributed by atoms with E-state index in [1.165, 1.54) is 0 Å². The minimum absolute atomic E-state index is 0.235. The molecular formula is C8H16N8O. The first-order valence-corrected chi connectivity index (χ1v) is 5.37. The van der Waals surface area contributed by atoms with Crippen LogP contribution < -0.4 is 10.6 Å². The van der Waals surface area contributed by atoms with Crippen molar-refractivity contribution in [3.8, 4) is 0 Å². The van der Waals surface area contributed by atoms with Crippen molar-refractivity contribution in [1.29, 1.82) is 0 Å². The molecule has 0 aliphatic carbocycles. The van der Waals surface area contributed by atoms with E-state index in [1.54, 1.807) is 4.68 Å². The third-order valence-corrected chi connectivity index (χ3v) is 2.77. The van der Waals surface area contributed by atoms with Crippen LogP contribution in [0.25, 0.3) is 0 Å². The Labute approximate surface area is 98.5 Å². The Bertz CT molecular complexity index is 394. The van der Waals surface area contributed by atoms with Gasteiger partial charge in [-0.1, -0.05) is 10.3 Å². The lowest BCUT2D eigenvalue weighted by Crippen LogP contribution is -2.49. The number of nitrogens with two attached hydrogens (primary N) is 1. The molecule has 1 saturated heterocycles. The number of aryl methyl sites for hydroxylation is 1. The molecular weight excluding hydrogens is 224 g/mol. The van der Waals surface area contributed by atoms with E-state index in [2.05, 4.69) is 30.5 Å². The average molecular weight is 240 g/mol. The molecule has 0 radical (unpaired) electrons. The van der Waals surface area contributed by atoms with Crippen molar-refractivity contribution < 1.29 is 5.21 Å². The van der Waals surface area contributed by atoms with Crippen LogP contribution in [0.15, 0.2) is 5.16 Å². The first kappa shape index (κ1) is 11.6. The highest BCUT2D eigenvalue weighted by atomic mass is 16.4. The monoisotopic (exact) mass is 240 g/mol. The van der Waals surface area contributed by atoms with Gasteiger partial charge in [-0.05, 0) is 10.4 Å². The highest BCUT2D eigenvalue weighted by molar-refractivity contribution is 5.81. The van der Waals surface area contributed by atoms with Crippen LogP contribution in [0.3, 0.4) is 0 Å². The van der Waals surface area contributed by atoms with Gasteiger partial charge in [-0.15, -0.1) is 0 Å². The van der Waals surface area contributed by atoms with Gasteiger partial charge in [0.25, 0.3) is 0 Å². The van der Waals surface area contributed by atoms with Crippen molar-refractivity contribution in [3.63, 3.8) is 0 Å². The predicted octanol–water partition coefficient (Wildman–Crippen LogP) is -1.92. The fraction of sp³-hybridized carbons (Fsp3) is 0.750. The molecule has 94 valence electrons. The first-order valence-electron chi connectivity index (χ1n) is 5.37. The molecule has 1 fully saturated rings. The minimum Gasteiger partial charge on any atom is -0.409 e. The second kappa shape index (κ2) is 4.95. The summed E-state index contributed by atoms with van der Waals surface area (Å²) in [6.07, 6.45) is 0. The maximum absolute atomic E-state index is 8.50. The lowest BCUT2D eigenvalue weighted by atomic mass is 10.3. The van der Waals surface area contributed by atoms with E-state index in [0.717, 1.165) is 32.1 Å². The molecule has 0 amide bonds. The lowest BCUT2D eigenvalue weighted by molar-refractivity contribution is 0.277. The zero-order chi connectivity index (χ0) is 12.3. The van der Waals surface area contributed by atoms with Crippen molar-refractivity contribution in [2.75, 3.05) is 37.6 Å². The van der Waals surface area contributed by atoms with Gasteiger partial charge < -0.3 is 15.8 Å². The summed E-state index contributed by atoms with van der Waals surface area (Å²) in [6, 6.07) is 0. The molecule has 0 bridgehead atoms. The van der Waals surface area contributed by atoms with Gasteiger partial charge in [0.15, 0.2) is 5.84 Å². The second-order valence-electron chi connectivity index (χ2n) is 3.96. The second-order valence-corrected chi connectivity index (χ2v) is 3.96. The van der Waals surface area contributed by atoms with Gasteiger partial charge in [0.2, 0.25) is 5.95 Å². The van der Waals surface area contributed by atoms with Crippen LogP contribution in [0.4, 0.5) is 5.95 Å². The van der Waals surface area contributed by atoms with E-state index in [9.17, 15) is 0 Å². The lowest BCUT2D eigenvalue weighted by Gasteiger charge is -2.34. The van der Waals surface area contributed by atoms with Gasteiger partial charge in [-0.2, -0.15) is 0 Å². The van der Waals surface area contributed by atoms with Crippen molar-refractivity contribution in [2.24, 2.45) is 17.9 Å². The summed E-state index contributed by atoms with van der Waals surface area (Å²) in [7, 11) is 1.82. The molecule has 17 heavy (non-hydrogen) atoms. The molecule has 1 aromatic rings. The van der Waals surface area contributed by atoms with Gasteiger partial charge >= 0.3 is 0 Å². The summed E-state index contributed by atoms with van der Waals surface area (Å²) >= 11 is 0. The molecule has 9 nitrogen and oxygen atoms in total. The predicted molar refractivity (Wildman–Crippen MR) is 60.9 cm³/mol. The molecule has 0 atom stereocenters. The van der Waals surface area contributed by atoms with Crippen LogP contribution >= 0.6 is 0 Å². The van der Waals surface area contributed by atoms with Crippen molar-refractivity contribution in [1.82, 2.24) is 25.1 Å². The van der Waals surface area contributed by atoms with Gasteiger partial charge in [0.1, 0.15) is 0 Å². The van der Waals surface area contributed by atoms with E-state index < -0.39 is 0 Å². The maximum Gasteiger partial charge on any atom is 0.245 e. The number of aromatic nitrogens is 4. The fourth-order valence-corrected chi connectivity index (χ4v) is 1.86. The molecule has 0 unspecified atom stereocenters. The Kier molecular flexibility index (Phi) is 3.38. The number of anilines is 1. The Morgan fingerprint density at radius 3 is 2.65 bits per heavy atom. The fourth-order valence-electron chi connectivity index (χ4n) is 1.86.